The summed E-state index contributed by atoms with van der Waals surface area (Å²) in [5.74, 6) is 0.475. The van der Waals surface area contributed by atoms with Crippen molar-refractivity contribution in [3.05, 3.63) is 0 Å². The van der Waals surface area contributed by atoms with Crippen molar-refractivity contribution in [3.63, 3.8) is 0 Å². The van der Waals surface area contributed by atoms with Crippen molar-refractivity contribution in [1.82, 2.24) is 10.2 Å². The maximum absolute atomic E-state index is 12.4. The number of hydrogen-bond donors (Lipinski definition) is 1. The molecule has 1 unspecified atom stereocenters. The zero-order chi connectivity index (χ0) is 13.0. The summed E-state index contributed by atoms with van der Waals surface area (Å²) in [5, 5.41) is 3.11. The molecule has 2 aliphatic rings. The third kappa shape index (κ3) is 4.09. The van der Waals surface area contributed by atoms with E-state index in [1.54, 1.807) is 0 Å². The van der Waals surface area contributed by atoms with Crippen molar-refractivity contribution in [2.75, 3.05) is 26.7 Å². The summed E-state index contributed by atoms with van der Waals surface area (Å²) in [6.45, 7) is 4.85. The minimum Gasteiger partial charge on any atom is -0.342 e. The minimum absolute atomic E-state index is 0. The van der Waals surface area contributed by atoms with E-state index in [1.807, 2.05) is 14.0 Å². The molecule has 0 aromatic rings. The molecule has 1 saturated heterocycles. The van der Waals surface area contributed by atoms with Crippen LogP contribution in [0.5, 0.6) is 0 Å². The van der Waals surface area contributed by atoms with E-state index in [0.29, 0.717) is 11.3 Å². The second kappa shape index (κ2) is 7.49. The summed E-state index contributed by atoms with van der Waals surface area (Å²) >= 11 is 0. The van der Waals surface area contributed by atoms with Gasteiger partial charge in [0, 0.05) is 25.6 Å². The van der Waals surface area contributed by atoms with Crippen LogP contribution in [-0.4, -0.2) is 37.5 Å². The highest BCUT2D eigenvalue weighted by Crippen LogP contribution is 2.43. The van der Waals surface area contributed by atoms with E-state index in [0.717, 1.165) is 19.6 Å². The van der Waals surface area contributed by atoms with Gasteiger partial charge in [0.15, 0.2) is 0 Å². The van der Waals surface area contributed by atoms with Gasteiger partial charge < -0.3 is 10.2 Å². The summed E-state index contributed by atoms with van der Waals surface area (Å²) in [6.07, 6.45) is 9.37. The molecule has 0 bridgehead atoms. The van der Waals surface area contributed by atoms with Gasteiger partial charge in [0.25, 0.3) is 0 Å². The van der Waals surface area contributed by atoms with Crippen LogP contribution in [0.1, 0.15) is 51.9 Å². The third-order valence-corrected chi connectivity index (χ3v) is 4.82. The maximum atomic E-state index is 12.4. The van der Waals surface area contributed by atoms with E-state index in [2.05, 4.69) is 10.2 Å². The third-order valence-electron chi connectivity index (χ3n) is 4.82. The van der Waals surface area contributed by atoms with Crippen LogP contribution in [-0.2, 0) is 4.79 Å². The zero-order valence-corrected chi connectivity index (χ0v) is 13.2. The molecule has 1 saturated carbocycles. The number of hydrogen-bond acceptors (Lipinski definition) is 2. The maximum Gasteiger partial charge on any atom is 0.226 e. The zero-order valence-electron chi connectivity index (χ0n) is 12.4. The topological polar surface area (TPSA) is 32.3 Å². The first-order valence-electron chi connectivity index (χ1n) is 7.60. The Morgan fingerprint density at radius 3 is 2.47 bits per heavy atom. The fourth-order valence-electron chi connectivity index (χ4n) is 3.81. The summed E-state index contributed by atoms with van der Waals surface area (Å²) in [7, 11) is 1.92. The molecule has 19 heavy (non-hydrogen) atoms. The van der Waals surface area contributed by atoms with Gasteiger partial charge in [0.2, 0.25) is 5.91 Å². The van der Waals surface area contributed by atoms with Gasteiger partial charge in [-0.3, -0.25) is 4.79 Å². The van der Waals surface area contributed by atoms with Crippen LogP contribution in [0.15, 0.2) is 0 Å². The number of halogens is 1. The molecule has 0 aromatic heterocycles. The number of nitrogens with zero attached hydrogens (tertiary/aromatic N) is 1. The lowest BCUT2D eigenvalue weighted by atomic mass is 9.69. The van der Waals surface area contributed by atoms with Gasteiger partial charge >= 0.3 is 0 Å². The SMILES string of the molecule is CNCC(C)C(=O)N1CCCC2(CCCCC2)C1.Cl. The molecule has 4 heteroatoms. The van der Waals surface area contributed by atoms with Crippen molar-refractivity contribution < 1.29 is 4.79 Å². The van der Waals surface area contributed by atoms with Gasteiger partial charge in [0.05, 0.1) is 0 Å². The van der Waals surface area contributed by atoms with Crippen molar-refractivity contribution in [1.29, 1.82) is 0 Å². The van der Waals surface area contributed by atoms with Gasteiger partial charge in [-0.1, -0.05) is 26.2 Å². The summed E-state index contributed by atoms with van der Waals surface area (Å²) in [5.41, 5.74) is 0.478. The van der Waals surface area contributed by atoms with Crippen LogP contribution >= 0.6 is 12.4 Å². The first kappa shape index (κ1) is 16.8. The number of amides is 1. The molecule has 0 radical (unpaired) electrons. The van der Waals surface area contributed by atoms with Crippen molar-refractivity contribution in [2.45, 2.75) is 51.9 Å². The van der Waals surface area contributed by atoms with Crippen LogP contribution in [0.2, 0.25) is 0 Å². The Bertz CT molecular complexity index is 284. The molecule has 1 aliphatic heterocycles. The Balaban J connectivity index is 0.00000180. The lowest BCUT2D eigenvalue weighted by Crippen LogP contribution is -2.49. The fourth-order valence-corrected chi connectivity index (χ4v) is 3.81. The Labute approximate surface area is 123 Å². The number of piperidine rings is 1. The summed E-state index contributed by atoms with van der Waals surface area (Å²) in [6, 6.07) is 0. The predicted molar refractivity (Wildman–Crippen MR) is 81.7 cm³/mol. The molecule has 2 fully saturated rings. The normalized spacial score (nSPS) is 23.8. The minimum atomic E-state index is 0. The van der Waals surface area contributed by atoms with Crippen LogP contribution in [0.3, 0.4) is 0 Å². The summed E-state index contributed by atoms with van der Waals surface area (Å²) < 4.78 is 0. The highest BCUT2D eigenvalue weighted by atomic mass is 35.5. The van der Waals surface area contributed by atoms with E-state index < -0.39 is 0 Å². The molecular formula is C15H29ClN2O. The Morgan fingerprint density at radius 1 is 1.21 bits per heavy atom. The smallest absolute Gasteiger partial charge is 0.226 e. The van der Waals surface area contributed by atoms with Crippen molar-refractivity contribution in [2.24, 2.45) is 11.3 Å². The van der Waals surface area contributed by atoms with E-state index in [1.165, 1.54) is 44.9 Å². The molecule has 1 amide bonds. The molecule has 1 atom stereocenters. The molecule has 1 spiro atoms. The molecule has 2 rings (SSSR count). The van der Waals surface area contributed by atoms with Gasteiger partial charge in [-0.25, -0.2) is 0 Å². The van der Waals surface area contributed by atoms with E-state index in [4.69, 9.17) is 0 Å². The molecular weight excluding hydrogens is 260 g/mol. The van der Waals surface area contributed by atoms with Crippen molar-refractivity contribution >= 4 is 18.3 Å². The Morgan fingerprint density at radius 2 is 1.84 bits per heavy atom. The monoisotopic (exact) mass is 288 g/mol. The Kier molecular flexibility index (Phi) is 6.61. The van der Waals surface area contributed by atoms with E-state index >= 15 is 0 Å². The largest absolute Gasteiger partial charge is 0.342 e. The van der Waals surface area contributed by atoms with Gasteiger partial charge in [-0.2, -0.15) is 0 Å². The number of carbonyl (C=O) groups excluding carboxylic acids is 1. The molecule has 0 aromatic carbocycles. The van der Waals surface area contributed by atoms with Gasteiger partial charge in [-0.05, 0) is 38.1 Å². The van der Waals surface area contributed by atoms with Gasteiger partial charge in [-0.15, -0.1) is 12.4 Å². The predicted octanol–water partition coefficient (Wildman–Crippen LogP) is 2.84. The van der Waals surface area contributed by atoms with Crippen LogP contribution < -0.4 is 5.32 Å². The first-order valence-corrected chi connectivity index (χ1v) is 7.60. The molecule has 1 heterocycles. The van der Waals surface area contributed by atoms with Gasteiger partial charge in [0.1, 0.15) is 0 Å². The average molecular weight is 289 g/mol. The lowest BCUT2D eigenvalue weighted by Gasteiger charge is -2.46. The first-order chi connectivity index (χ1) is 8.67. The van der Waals surface area contributed by atoms with Crippen LogP contribution in [0.25, 0.3) is 0 Å². The second-order valence-corrected chi connectivity index (χ2v) is 6.38. The molecule has 1 N–H and O–H groups in total. The highest BCUT2D eigenvalue weighted by molar-refractivity contribution is 5.85. The highest BCUT2D eigenvalue weighted by Gasteiger charge is 2.38. The van der Waals surface area contributed by atoms with E-state index in [-0.39, 0.29) is 18.3 Å². The quantitative estimate of drug-likeness (QED) is 0.866. The fraction of sp³-hybridized carbons (Fsp3) is 0.933. The second-order valence-electron chi connectivity index (χ2n) is 6.38. The van der Waals surface area contributed by atoms with E-state index in [9.17, 15) is 4.79 Å². The average Bonchev–Trinajstić information content (AvgIpc) is 2.39. The molecule has 1 aliphatic carbocycles. The number of rotatable bonds is 3. The van der Waals surface area contributed by atoms with Crippen molar-refractivity contribution in [3.8, 4) is 0 Å². The molecule has 112 valence electrons. The standard InChI is InChI=1S/C15H28N2O.ClH/c1-13(11-16-2)14(18)17-10-6-9-15(12-17)7-4-3-5-8-15;/h13,16H,3-12H2,1-2H3;1H. The number of likely N-dealkylation sites (tertiary alicyclic amines) is 1. The molecule has 3 nitrogen and oxygen atoms in total. The van der Waals surface area contributed by atoms with Crippen LogP contribution in [0, 0.1) is 11.3 Å². The lowest BCUT2D eigenvalue weighted by molar-refractivity contribution is -0.139. The van der Waals surface area contributed by atoms with Crippen LogP contribution in [0.4, 0.5) is 0 Å². The Hall–Kier alpha value is -0.280. The summed E-state index contributed by atoms with van der Waals surface area (Å²) in [4.78, 5) is 14.5. The number of carbonyl (C=O) groups is 1. The number of nitrogens with one attached hydrogen (secondary N) is 1.